The Labute approximate surface area is 144 Å². The van der Waals surface area contributed by atoms with Crippen LogP contribution in [0, 0.1) is 0 Å². The van der Waals surface area contributed by atoms with Gasteiger partial charge in [0.25, 0.3) is 0 Å². The molecular weight excluding hydrogens is 317 g/mol. The summed E-state index contributed by atoms with van der Waals surface area (Å²) in [5, 5.41) is 6.15. The van der Waals surface area contributed by atoms with Crippen molar-refractivity contribution < 1.29 is 9.47 Å². The van der Waals surface area contributed by atoms with E-state index in [0.717, 1.165) is 17.2 Å². The molecule has 0 unspecified atom stereocenters. The fraction of sp³-hybridized carbons (Fsp3) is 0.100. The lowest BCUT2D eigenvalue weighted by atomic mass is 10.3. The third-order valence-electron chi connectivity index (χ3n) is 3.68. The van der Waals surface area contributed by atoms with E-state index in [1.54, 1.807) is 14.2 Å². The summed E-state index contributed by atoms with van der Waals surface area (Å²) < 4.78 is 11.1. The standard InChI is InChI=1S/C20H20NO2P/c1-22-18-14-9-15-19(23-2)20(18)21-24(16-10-5-3-6-11-16)17-12-7-4-8-13-17/h3-15,21H,1-2H3. The molecule has 3 aromatic carbocycles. The molecule has 0 aliphatic carbocycles. The lowest BCUT2D eigenvalue weighted by Crippen LogP contribution is -2.17. The minimum atomic E-state index is -0.781. The van der Waals surface area contributed by atoms with Crippen LogP contribution in [0.1, 0.15) is 0 Å². The van der Waals surface area contributed by atoms with Crippen LogP contribution >= 0.6 is 8.07 Å². The molecule has 0 saturated heterocycles. The molecule has 0 saturated carbocycles. The summed E-state index contributed by atoms with van der Waals surface area (Å²) in [6.45, 7) is 0. The Morgan fingerprint density at radius 1 is 0.625 bits per heavy atom. The average Bonchev–Trinajstić information content (AvgIpc) is 2.67. The molecule has 0 radical (unpaired) electrons. The van der Waals surface area contributed by atoms with Crippen LogP contribution in [0.3, 0.4) is 0 Å². The van der Waals surface area contributed by atoms with E-state index in [0.29, 0.717) is 0 Å². The lowest BCUT2D eigenvalue weighted by Gasteiger charge is -2.23. The number of methoxy groups -OCH3 is 2. The van der Waals surface area contributed by atoms with E-state index in [2.05, 4.69) is 53.6 Å². The molecule has 0 atom stereocenters. The molecule has 122 valence electrons. The topological polar surface area (TPSA) is 30.5 Å². The molecule has 0 fully saturated rings. The van der Waals surface area contributed by atoms with Crippen LogP contribution in [0.2, 0.25) is 0 Å². The third kappa shape index (κ3) is 3.52. The number of benzene rings is 3. The average molecular weight is 337 g/mol. The number of hydrogen-bond acceptors (Lipinski definition) is 3. The van der Waals surface area contributed by atoms with Crippen molar-refractivity contribution in [2.45, 2.75) is 0 Å². The summed E-state index contributed by atoms with van der Waals surface area (Å²) in [5.74, 6) is 1.54. The molecule has 3 rings (SSSR count). The summed E-state index contributed by atoms with van der Waals surface area (Å²) in [6.07, 6.45) is 0. The molecule has 24 heavy (non-hydrogen) atoms. The van der Waals surface area contributed by atoms with Gasteiger partial charge in [0.15, 0.2) is 0 Å². The molecule has 1 N–H and O–H groups in total. The van der Waals surface area contributed by atoms with Crippen LogP contribution in [-0.2, 0) is 0 Å². The van der Waals surface area contributed by atoms with E-state index < -0.39 is 8.07 Å². The highest BCUT2D eigenvalue weighted by molar-refractivity contribution is 7.74. The number of ether oxygens (including phenoxy) is 2. The van der Waals surface area contributed by atoms with Crippen molar-refractivity contribution >= 4 is 24.4 Å². The van der Waals surface area contributed by atoms with Gasteiger partial charge in [-0.2, -0.15) is 0 Å². The molecule has 0 aliphatic heterocycles. The van der Waals surface area contributed by atoms with Crippen LogP contribution in [0.25, 0.3) is 0 Å². The highest BCUT2D eigenvalue weighted by Crippen LogP contribution is 2.43. The minimum Gasteiger partial charge on any atom is -0.494 e. The van der Waals surface area contributed by atoms with Gasteiger partial charge in [0, 0.05) is 10.6 Å². The van der Waals surface area contributed by atoms with Crippen LogP contribution in [0.4, 0.5) is 5.69 Å². The van der Waals surface area contributed by atoms with Gasteiger partial charge >= 0.3 is 0 Å². The van der Waals surface area contributed by atoms with Crippen molar-refractivity contribution in [3.05, 3.63) is 78.9 Å². The Kier molecular flexibility index (Phi) is 5.35. The maximum absolute atomic E-state index is 5.53. The van der Waals surface area contributed by atoms with Crippen molar-refractivity contribution in [2.75, 3.05) is 19.3 Å². The molecule has 0 amide bonds. The second kappa shape index (κ2) is 7.85. The SMILES string of the molecule is COc1cccc(OC)c1NP(c1ccccc1)c1ccccc1. The van der Waals surface area contributed by atoms with Crippen molar-refractivity contribution in [2.24, 2.45) is 0 Å². The van der Waals surface area contributed by atoms with Gasteiger partial charge in [0.2, 0.25) is 0 Å². The van der Waals surface area contributed by atoms with Crippen molar-refractivity contribution in [3.63, 3.8) is 0 Å². The predicted octanol–water partition coefficient (Wildman–Crippen LogP) is 4.16. The Bertz CT molecular complexity index is 716. The van der Waals surface area contributed by atoms with Crippen LogP contribution in [0.5, 0.6) is 11.5 Å². The first kappa shape index (κ1) is 16.4. The van der Waals surface area contributed by atoms with Crippen LogP contribution in [-0.4, -0.2) is 14.2 Å². The first-order chi connectivity index (χ1) is 11.8. The third-order valence-corrected chi connectivity index (χ3v) is 5.76. The van der Waals surface area contributed by atoms with Crippen molar-refractivity contribution in [3.8, 4) is 11.5 Å². The fourth-order valence-electron chi connectivity index (χ4n) is 2.51. The Morgan fingerprint density at radius 2 is 1.08 bits per heavy atom. The molecule has 3 aromatic rings. The minimum absolute atomic E-state index is 0.772. The largest absolute Gasteiger partial charge is 0.494 e. The van der Waals surface area contributed by atoms with Gasteiger partial charge in [-0.05, 0) is 12.1 Å². The summed E-state index contributed by atoms with van der Waals surface area (Å²) in [4.78, 5) is 0. The highest BCUT2D eigenvalue weighted by Gasteiger charge is 2.18. The van der Waals surface area contributed by atoms with E-state index in [4.69, 9.17) is 9.47 Å². The lowest BCUT2D eigenvalue weighted by molar-refractivity contribution is 0.398. The number of para-hydroxylation sites is 1. The number of nitrogens with one attached hydrogen (secondary N) is 1. The molecule has 0 bridgehead atoms. The smallest absolute Gasteiger partial charge is 0.146 e. The molecule has 0 heterocycles. The van der Waals surface area contributed by atoms with E-state index in [1.807, 2.05) is 30.3 Å². The molecule has 0 aliphatic rings. The van der Waals surface area contributed by atoms with E-state index in [1.165, 1.54) is 10.6 Å². The fourth-order valence-corrected chi connectivity index (χ4v) is 4.45. The van der Waals surface area contributed by atoms with Crippen molar-refractivity contribution in [1.29, 1.82) is 0 Å². The number of rotatable bonds is 6. The first-order valence-corrected chi connectivity index (χ1v) is 9.05. The van der Waals surface area contributed by atoms with Gasteiger partial charge in [-0.25, -0.2) is 0 Å². The summed E-state index contributed by atoms with van der Waals surface area (Å²) in [5.41, 5.74) is 0.876. The van der Waals surface area contributed by atoms with Crippen LogP contribution < -0.4 is 25.2 Å². The maximum Gasteiger partial charge on any atom is 0.146 e. The number of anilines is 1. The van der Waals surface area contributed by atoms with Gasteiger partial charge < -0.3 is 14.6 Å². The zero-order valence-electron chi connectivity index (χ0n) is 13.8. The molecule has 0 spiro atoms. The van der Waals surface area contributed by atoms with E-state index in [9.17, 15) is 0 Å². The van der Waals surface area contributed by atoms with Crippen LogP contribution in [0.15, 0.2) is 78.9 Å². The molecule has 0 aromatic heterocycles. The van der Waals surface area contributed by atoms with Gasteiger partial charge in [-0.3, -0.25) is 0 Å². The first-order valence-electron chi connectivity index (χ1n) is 7.71. The Hall–Kier alpha value is -2.51. The number of hydrogen-bond donors (Lipinski definition) is 1. The van der Waals surface area contributed by atoms with E-state index in [-0.39, 0.29) is 0 Å². The highest BCUT2D eigenvalue weighted by atomic mass is 31.1. The van der Waals surface area contributed by atoms with Gasteiger partial charge in [0.1, 0.15) is 17.2 Å². The monoisotopic (exact) mass is 337 g/mol. The second-order valence-corrected chi connectivity index (χ2v) is 7.08. The molecule has 4 heteroatoms. The summed E-state index contributed by atoms with van der Waals surface area (Å²) >= 11 is 0. The Balaban J connectivity index is 2.06. The summed E-state index contributed by atoms with van der Waals surface area (Å²) in [6, 6.07) is 26.7. The van der Waals surface area contributed by atoms with Gasteiger partial charge in [-0.15, -0.1) is 0 Å². The maximum atomic E-state index is 5.53. The van der Waals surface area contributed by atoms with Gasteiger partial charge in [0.05, 0.1) is 22.3 Å². The normalized spacial score (nSPS) is 10.5. The van der Waals surface area contributed by atoms with E-state index >= 15 is 0 Å². The van der Waals surface area contributed by atoms with Gasteiger partial charge in [-0.1, -0.05) is 66.7 Å². The molecule has 3 nitrogen and oxygen atoms in total. The van der Waals surface area contributed by atoms with Crippen molar-refractivity contribution in [1.82, 2.24) is 0 Å². The second-order valence-electron chi connectivity index (χ2n) is 5.16. The zero-order chi connectivity index (χ0) is 16.8. The predicted molar refractivity (Wildman–Crippen MR) is 102 cm³/mol. The zero-order valence-corrected chi connectivity index (χ0v) is 14.7. The summed E-state index contributed by atoms with van der Waals surface area (Å²) in [7, 11) is 2.57. The quantitative estimate of drug-likeness (QED) is 0.685. The molecular formula is C20H20NO2P. The Morgan fingerprint density at radius 3 is 1.50 bits per heavy atom.